The molecule has 0 atom stereocenters. The molecule has 1 aliphatic heterocycles. The maximum atomic E-state index is 12.5. The number of hydrogen-bond donors (Lipinski definition) is 0. The molecule has 0 unspecified atom stereocenters. The van der Waals surface area contributed by atoms with Crippen LogP contribution in [-0.4, -0.2) is 35.5 Å². The summed E-state index contributed by atoms with van der Waals surface area (Å²) >= 11 is 6.02. The van der Waals surface area contributed by atoms with Crippen LogP contribution in [0.25, 0.3) is 11.1 Å². The molecule has 6 heteroatoms. The minimum Gasteiger partial charge on any atom is -0.484 e. The molecule has 3 aromatic rings. The smallest absolute Gasteiger partial charge is 0.260 e. The number of carbonyl (C=O) groups is 1. The standard InChI is InChI=1S/C22H23ClN2O3/c1-14-3-5-18(11-15(14)2)27-13-21(26)25-9-7-16(8-10-25)22-24-19-12-17(23)4-6-20(19)28-22/h3-6,11-12,16H,7-10,13H2,1-2H3. The summed E-state index contributed by atoms with van der Waals surface area (Å²) in [5.41, 5.74) is 3.90. The highest BCUT2D eigenvalue weighted by molar-refractivity contribution is 6.31. The van der Waals surface area contributed by atoms with Gasteiger partial charge in [0.15, 0.2) is 18.1 Å². The van der Waals surface area contributed by atoms with Gasteiger partial charge >= 0.3 is 0 Å². The molecule has 0 aliphatic carbocycles. The highest BCUT2D eigenvalue weighted by atomic mass is 35.5. The Balaban J connectivity index is 1.32. The zero-order valence-corrected chi connectivity index (χ0v) is 16.8. The first kappa shape index (κ1) is 18.8. The van der Waals surface area contributed by atoms with E-state index in [-0.39, 0.29) is 18.4 Å². The van der Waals surface area contributed by atoms with Crippen LogP contribution in [0.1, 0.15) is 35.8 Å². The Morgan fingerprint density at radius 1 is 1.18 bits per heavy atom. The van der Waals surface area contributed by atoms with Crippen molar-refractivity contribution in [3.05, 3.63) is 58.4 Å². The Hall–Kier alpha value is -2.53. The molecule has 28 heavy (non-hydrogen) atoms. The van der Waals surface area contributed by atoms with E-state index in [0.29, 0.717) is 18.1 Å². The van der Waals surface area contributed by atoms with E-state index < -0.39 is 0 Å². The van der Waals surface area contributed by atoms with Gasteiger partial charge in [0.2, 0.25) is 0 Å². The van der Waals surface area contributed by atoms with Crippen molar-refractivity contribution in [2.45, 2.75) is 32.6 Å². The van der Waals surface area contributed by atoms with Crippen LogP contribution in [0.2, 0.25) is 5.02 Å². The van der Waals surface area contributed by atoms with E-state index in [1.54, 1.807) is 6.07 Å². The molecule has 146 valence electrons. The minimum atomic E-state index is 0.0148. The first-order valence-electron chi connectivity index (χ1n) is 9.53. The lowest BCUT2D eigenvalue weighted by atomic mass is 9.97. The van der Waals surface area contributed by atoms with Gasteiger partial charge in [-0.2, -0.15) is 0 Å². The van der Waals surface area contributed by atoms with Crippen LogP contribution in [0, 0.1) is 13.8 Å². The van der Waals surface area contributed by atoms with Gasteiger partial charge in [0, 0.05) is 24.0 Å². The number of nitrogens with zero attached hydrogens (tertiary/aromatic N) is 2. The number of halogens is 1. The summed E-state index contributed by atoms with van der Waals surface area (Å²) in [6.45, 7) is 5.52. The van der Waals surface area contributed by atoms with Gasteiger partial charge in [0.1, 0.15) is 11.3 Å². The number of benzene rings is 2. The maximum absolute atomic E-state index is 12.5. The molecule has 5 nitrogen and oxygen atoms in total. The fraction of sp³-hybridized carbons (Fsp3) is 0.364. The summed E-state index contributed by atoms with van der Waals surface area (Å²) in [4.78, 5) is 18.9. The number of amides is 1. The molecule has 4 rings (SSSR count). The summed E-state index contributed by atoms with van der Waals surface area (Å²) in [7, 11) is 0. The van der Waals surface area contributed by atoms with Gasteiger partial charge in [-0.3, -0.25) is 4.79 Å². The first-order valence-corrected chi connectivity index (χ1v) is 9.91. The second kappa shape index (κ2) is 7.84. The van der Waals surface area contributed by atoms with Gasteiger partial charge in [-0.05, 0) is 68.1 Å². The highest BCUT2D eigenvalue weighted by Gasteiger charge is 2.27. The highest BCUT2D eigenvalue weighted by Crippen LogP contribution is 2.31. The Labute approximate surface area is 169 Å². The van der Waals surface area contributed by atoms with Crippen molar-refractivity contribution >= 4 is 28.6 Å². The third-order valence-corrected chi connectivity index (χ3v) is 5.64. The molecule has 1 aromatic heterocycles. The number of aryl methyl sites for hydroxylation is 2. The number of ether oxygens (including phenoxy) is 1. The van der Waals surface area contributed by atoms with Crippen molar-refractivity contribution in [2.75, 3.05) is 19.7 Å². The predicted octanol–water partition coefficient (Wildman–Crippen LogP) is 4.88. The van der Waals surface area contributed by atoms with Crippen molar-refractivity contribution in [1.29, 1.82) is 0 Å². The number of oxazole rings is 1. The molecule has 1 amide bonds. The maximum Gasteiger partial charge on any atom is 0.260 e. The van der Waals surface area contributed by atoms with E-state index >= 15 is 0 Å². The molecule has 1 saturated heterocycles. The molecular formula is C22H23ClN2O3. The number of piperidine rings is 1. The SMILES string of the molecule is Cc1ccc(OCC(=O)N2CCC(c3nc4cc(Cl)ccc4o3)CC2)cc1C. The Morgan fingerprint density at radius 3 is 2.71 bits per heavy atom. The second-order valence-corrected chi connectivity index (χ2v) is 7.79. The fourth-order valence-corrected chi connectivity index (χ4v) is 3.68. The molecule has 1 aliphatic rings. The van der Waals surface area contributed by atoms with Gasteiger partial charge in [-0.15, -0.1) is 0 Å². The number of aromatic nitrogens is 1. The number of rotatable bonds is 4. The molecule has 2 aromatic carbocycles. The summed E-state index contributed by atoms with van der Waals surface area (Å²) in [5.74, 6) is 1.70. The lowest BCUT2D eigenvalue weighted by molar-refractivity contribution is -0.134. The molecule has 0 spiro atoms. The fourth-order valence-electron chi connectivity index (χ4n) is 3.51. The largest absolute Gasteiger partial charge is 0.484 e. The third kappa shape index (κ3) is 3.99. The number of fused-ring (bicyclic) bond motifs is 1. The molecule has 0 N–H and O–H groups in total. The van der Waals surface area contributed by atoms with Crippen LogP contribution >= 0.6 is 11.6 Å². The van der Waals surface area contributed by atoms with Crippen molar-refractivity contribution in [3.8, 4) is 5.75 Å². The lowest BCUT2D eigenvalue weighted by Crippen LogP contribution is -2.40. The summed E-state index contributed by atoms with van der Waals surface area (Å²) in [6.07, 6.45) is 1.66. The van der Waals surface area contributed by atoms with Crippen LogP contribution in [0.15, 0.2) is 40.8 Å². The van der Waals surface area contributed by atoms with E-state index in [4.69, 9.17) is 20.8 Å². The van der Waals surface area contributed by atoms with Gasteiger partial charge in [-0.25, -0.2) is 4.98 Å². The molecule has 0 saturated carbocycles. The zero-order chi connectivity index (χ0) is 19.7. The van der Waals surface area contributed by atoms with Gasteiger partial charge in [-0.1, -0.05) is 17.7 Å². The van der Waals surface area contributed by atoms with Crippen LogP contribution in [0.4, 0.5) is 0 Å². The van der Waals surface area contributed by atoms with E-state index in [1.807, 2.05) is 42.2 Å². The lowest BCUT2D eigenvalue weighted by Gasteiger charge is -2.30. The average Bonchev–Trinajstić information content (AvgIpc) is 3.12. The topological polar surface area (TPSA) is 55.6 Å². The van der Waals surface area contributed by atoms with Crippen LogP contribution in [-0.2, 0) is 4.79 Å². The van der Waals surface area contributed by atoms with E-state index in [0.717, 1.165) is 41.1 Å². The molecule has 2 heterocycles. The molecule has 1 fully saturated rings. The quantitative estimate of drug-likeness (QED) is 0.628. The van der Waals surface area contributed by atoms with Gasteiger partial charge < -0.3 is 14.1 Å². The Morgan fingerprint density at radius 2 is 1.96 bits per heavy atom. The minimum absolute atomic E-state index is 0.0148. The Kier molecular flexibility index (Phi) is 5.27. The second-order valence-electron chi connectivity index (χ2n) is 7.35. The van der Waals surface area contributed by atoms with E-state index in [1.165, 1.54) is 5.56 Å². The summed E-state index contributed by atoms with van der Waals surface area (Å²) in [5, 5.41) is 0.650. The first-order chi connectivity index (χ1) is 13.5. The third-order valence-electron chi connectivity index (χ3n) is 5.40. The van der Waals surface area contributed by atoms with Crippen molar-refractivity contribution in [1.82, 2.24) is 9.88 Å². The molecular weight excluding hydrogens is 376 g/mol. The normalized spacial score (nSPS) is 15.2. The monoisotopic (exact) mass is 398 g/mol. The number of likely N-dealkylation sites (tertiary alicyclic amines) is 1. The number of carbonyl (C=O) groups excluding carboxylic acids is 1. The molecule has 0 bridgehead atoms. The predicted molar refractivity (Wildman–Crippen MR) is 109 cm³/mol. The van der Waals surface area contributed by atoms with Gasteiger partial charge in [0.05, 0.1) is 0 Å². The summed E-state index contributed by atoms with van der Waals surface area (Å²) < 4.78 is 11.6. The van der Waals surface area contributed by atoms with Gasteiger partial charge in [0.25, 0.3) is 5.91 Å². The van der Waals surface area contributed by atoms with E-state index in [2.05, 4.69) is 11.9 Å². The number of hydrogen-bond acceptors (Lipinski definition) is 4. The van der Waals surface area contributed by atoms with Crippen LogP contribution < -0.4 is 4.74 Å². The van der Waals surface area contributed by atoms with Crippen molar-refractivity contribution in [3.63, 3.8) is 0 Å². The zero-order valence-electron chi connectivity index (χ0n) is 16.1. The van der Waals surface area contributed by atoms with Crippen LogP contribution in [0.5, 0.6) is 5.75 Å². The Bertz CT molecular complexity index is 1010. The van der Waals surface area contributed by atoms with Crippen LogP contribution in [0.3, 0.4) is 0 Å². The van der Waals surface area contributed by atoms with Crippen molar-refractivity contribution in [2.24, 2.45) is 0 Å². The summed E-state index contributed by atoms with van der Waals surface area (Å²) in [6, 6.07) is 11.3. The van der Waals surface area contributed by atoms with Crippen molar-refractivity contribution < 1.29 is 13.9 Å². The average molecular weight is 399 g/mol. The van der Waals surface area contributed by atoms with E-state index in [9.17, 15) is 4.79 Å². The molecule has 0 radical (unpaired) electrons.